The summed E-state index contributed by atoms with van der Waals surface area (Å²) in [7, 11) is 3.15. The molecule has 1 heterocycles. The van der Waals surface area contributed by atoms with E-state index in [1.54, 1.807) is 20.0 Å². The number of hydrogen-bond donors (Lipinski definition) is 1. The molecular weight excluding hydrogens is 238 g/mol. The molecule has 0 atom stereocenters. The van der Waals surface area contributed by atoms with E-state index in [4.69, 9.17) is 9.84 Å². The fourth-order valence-corrected chi connectivity index (χ4v) is 1.59. The second-order valence-corrected chi connectivity index (χ2v) is 3.91. The molecular formula is C11H17N3O4. The third kappa shape index (κ3) is 3.56. The van der Waals surface area contributed by atoms with Gasteiger partial charge in [-0.2, -0.15) is 5.10 Å². The van der Waals surface area contributed by atoms with E-state index < -0.39 is 5.97 Å². The first-order valence-corrected chi connectivity index (χ1v) is 5.46. The Morgan fingerprint density at radius 2 is 2.22 bits per heavy atom. The van der Waals surface area contributed by atoms with Crippen molar-refractivity contribution in [3.63, 3.8) is 0 Å². The Hall–Kier alpha value is -1.89. The Bertz CT molecular complexity index is 441. The maximum Gasteiger partial charge on any atom is 0.323 e. The Morgan fingerprint density at radius 1 is 1.56 bits per heavy atom. The number of carbonyl (C=O) groups is 2. The minimum Gasteiger partial charge on any atom is -0.480 e. The first-order valence-electron chi connectivity index (χ1n) is 5.46. The number of aliphatic carboxylic acids is 1. The Balaban J connectivity index is 2.87. The molecule has 7 nitrogen and oxygen atoms in total. The van der Waals surface area contributed by atoms with Crippen LogP contribution in [0, 0.1) is 6.92 Å². The molecule has 18 heavy (non-hydrogen) atoms. The van der Waals surface area contributed by atoms with Gasteiger partial charge in [-0.15, -0.1) is 0 Å². The number of carboxylic acid groups (broad SMARTS) is 1. The predicted molar refractivity (Wildman–Crippen MR) is 63.4 cm³/mol. The molecule has 1 N–H and O–H groups in total. The second kappa shape index (κ2) is 6.15. The number of hydrogen-bond acceptors (Lipinski definition) is 4. The van der Waals surface area contributed by atoms with Gasteiger partial charge in [-0.3, -0.25) is 14.3 Å². The average Bonchev–Trinajstić information content (AvgIpc) is 2.62. The van der Waals surface area contributed by atoms with Crippen LogP contribution in [0.15, 0.2) is 6.07 Å². The van der Waals surface area contributed by atoms with Crippen molar-refractivity contribution in [1.29, 1.82) is 0 Å². The van der Waals surface area contributed by atoms with Crippen molar-refractivity contribution in [2.24, 2.45) is 7.05 Å². The van der Waals surface area contributed by atoms with Gasteiger partial charge in [0.25, 0.3) is 5.91 Å². The van der Waals surface area contributed by atoms with Gasteiger partial charge >= 0.3 is 5.97 Å². The van der Waals surface area contributed by atoms with Gasteiger partial charge in [-0.05, 0) is 13.0 Å². The molecule has 0 bridgehead atoms. The molecule has 1 amide bonds. The maximum atomic E-state index is 12.2. The molecule has 0 saturated heterocycles. The highest BCUT2D eigenvalue weighted by Crippen LogP contribution is 2.06. The topological polar surface area (TPSA) is 84.7 Å². The molecule has 0 unspecified atom stereocenters. The van der Waals surface area contributed by atoms with E-state index in [2.05, 4.69) is 5.10 Å². The number of ether oxygens (including phenoxy) is 1. The summed E-state index contributed by atoms with van der Waals surface area (Å²) in [5.41, 5.74) is 1.08. The summed E-state index contributed by atoms with van der Waals surface area (Å²) in [5.74, 6) is -1.42. The van der Waals surface area contributed by atoms with Crippen molar-refractivity contribution in [2.45, 2.75) is 6.92 Å². The monoisotopic (exact) mass is 255 g/mol. The molecule has 0 radical (unpaired) electrons. The number of carboxylic acids is 1. The lowest BCUT2D eigenvalue weighted by atomic mass is 10.3. The zero-order valence-corrected chi connectivity index (χ0v) is 10.7. The molecule has 0 aliphatic rings. The predicted octanol–water partition coefficient (Wildman–Crippen LogP) is -0.0983. The van der Waals surface area contributed by atoms with Gasteiger partial charge in [0.1, 0.15) is 12.2 Å². The summed E-state index contributed by atoms with van der Waals surface area (Å²) in [6.45, 7) is 1.93. The van der Waals surface area contributed by atoms with Crippen LogP contribution in [0.5, 0.6) is 0 Å². The van der Waals surface area contributed by atoms with Crippen LogP contribution >= 0.6 is 0 Å². The molecule has 0 spiro atoms. The molecule has 0 saturated carbocycles. The summed E-state index contributed by atoms with van der Waals surface area (Å²) < 4.78 is 6.31. The number of amides is 1. The van der Waals surface area contributed by atoms with Crippen LogP contribution in [0.1, 0.15) is 16.2 Å². The van der Waals surface area contributed by atoms with Crippen LogP contribution in [-0.4, -0.2) is 58.5 Å². The highest BCUT2D eigenvalue weighted by atomic mass is 16.5. The Morgan fingerprint density at radius 3 is 2.67 bits per heavy atom. The lowest BCUT2D eigenvalue weighted by molar-refractivity contribution is -0.137. The zero-order chi connectivity index (χ0) is 13.7. The smallest absolute Gasteiger partial charge is 0.323 e. The van der Waals surface area contributed by atoms with E-state index in [0.29, 0.717) is 11.4 Å². The number of methoxy groups -OCH3 is 1. The van der Waals surface area contributed by atoms with E-state index in [0.717, 1.165) is 0 Å². The lowest BCUT2D eigenvalue weighted by Crippen LogP contribution is -2.38. The van der Waals surface area contributed by atoms with Gasteiger partial charge in [0, 0.05) is 20.7 Å². The van der Waals surface area contributed by atoms with Crippen LogP contribution in [0.25, 0.3) is 0 Å². The van der Waals surface area contributed by atoms with Crippen LogP contribution in [0.4, 0.5) is 0 Å². The van der Waals surface area contributed by atoms with Crippen LogP contribution < -0.4 is 0 Å². The molecule has 0 aliphatic heterocycles. The number of aryl methyl sites for hydroxylation is 2. The van der Waals surface area contributed by atoms with Crippen molar-refractivity contribution in [3.05, 3.63) is 17.5 Å². The lowest BCUT2D eigenvalue weighted by Gasteiger charge is -2.20. The standard InChI is InChI=1S/C11H17N3O4/c1-8-6-9(13(2)12-8)11(17)14(4-5-18-3)7-10(15)16/h6H,4-5,7H2,1-3H3,(H,15,16). The van der Waals surface area contributed by atoms with Crippen molar-refractivity contribution >= 4 is 11.9 Å². The van der Waals surface area contributed by atoms with Crippen molar-refractivity contribution < 1.29 is 19.4 Å². The van der Waals surface area contributed by atoms with E-state index in [1.165, 1.54) is 16.7 Å². The molecule has 0 fully saturated rings. The first-order chi connectivity index (χ1) is 8.45. The van der Waals surface area contributed by atoms with Gasteiger partial charge in [0.2, 0.25) is 0 Å². The van der Waals surface area contributed by atoms with Crippen molar-refractivity contribution in [1.82, 2.24) is 14.7 Å². The summed E-state index contributed by atoms with van der Waals surface area (Å²) in [4.78, 5) is 24.1. The van der Waals surface area contributed by atoms with Gasteiger partial charge < -0.3 is 14.7 Å². The number of aromatic nitrogens is 2. The first kappa shape index (κ1) is 14.2. The summed E-state index contributed by atoms with van der Waals surface area (Å²) in [6, 6.07) is 1.63. The number of nitrogens with zero attached hydrogens (tertiary/aromatic N) is 3. The summed E-state index contributed by atoms with van der Waals surface area (Å²) >= 11 is 0. The highest BCUT2D eigenvalue weighted by Gasteiger charge is 2.21. The molecule has 1 aromatic rings. The van der Waals surface area contributed by atoms with Gasteiger partial charge in [-0.1, -0.05) is 0 Å². The average molecular weight is 255 g/mol. The van der Waals surface area contributed by atoms with E-state index >= 15 is 0 Å². The third-order valence-corrected chi connectivity index (χ3v) is 2.40. The van der Waals surface area contributed by atoms with E-state index in [1.807, 2.05) is 0 Å². The van der Waals surface area contributed by atoms with Crippen LogP contribution in [0.2, 0.25) is 0 Å². The largest absolute Gasteiger partial charge is 0.480 e. The Labute approximate surface area is 105 Å². The Kier molecular flexibility index (Phi) is 4.85. The maximum absolute atomic E-state index is 12.2. The molecule has 100 valence electrons. The summed E-state index contributed by atoms with van der Waals surface area (Å²) in [6.07, 6.45) is 0. The molecule has 0 aliphatic carbocycles. The minimum atomic E-state index is -1.06. The third-order valence-electron chi connectivity index (χ3n) is 2.40. The molecule has 1 rings (SSSR count). The normalized spacial score (nSPS) is 10.4. The zero-order valence-electron chi connectivity index (χ0n) is 10.7. The minimum absolute atomic E-state index is 0.228. The number of carbonyl (C=O) groups excluding carboxylic acids is 1. The quantitative estimate of drug-likeness (QED) is 0.767. The second-order valence-electron chi connectivity index (χ2n) is 3.91. The molecule has 1 aromatic heterocycles. The summed E-state index contributed by atoms with van der Waals surface area (Å²) in [5, 5.41) is 12.9. The molecule has 7 heteroatoms. The molecule has 0 aromatic carbocycles. The van der Waals surface area contributed by atoms with Gasteiger partial charge in [-0.25, -0.2) is 0 Å². The highest BCUT2D eigenvalue weighted by molar-refractivity contribution is 5.94. The van der Waals surface area contributed by atoms with E-state index in [9.17, 15) is 9.59 Å². The van der Waals surface area contributed by atoms with Crippen LogP contribution in [-0.2, 0) is 16.6 Å². The fraction of sp³-hybridized carbons (Fsp3) is 0.545. The van der Waals surface area contributed by atoms with Gasteiger partial charge in [0.05, 0.1) is 12.3 Å². The van der Waals surface area contributed by atoms with Gasteiger partial charge in [0.15, 0.2) is 0 Å². The van der Waals surface area contributed by atoms with Crippen molar-refractivity contribution in [2.75, 3.05) is 26.8 Å². The van der Waals surface area contributed by atoms with Crippen molar-refractivity contribution in [3.8, 4) is 0 Å². The number of rotatable bonds is 6. The van der Waals surface area contributed by atoms with Crippen LogP contribution in [0.3, 0.4) is 0 Å². The fourth-order valence-electron chi connectivity index (χ4n) is 1.59. The van der Waals surface area contributed by atoms with E-state index in [-0.39, 0.29) is 25.6 Å². The SMILES string of the molecule is COCCN(CC(=O)O)C(=O)c1cc(C)nn1C.